The summed E-state index contributed by atoms with van der Waals surface area (Å²) in [7, 11) is -3.24. The molecule has 0 saturated carbocycles. The number of hydrogen-bond donors (Lipinski definition) is 2. The topological polar surface area (TPSA) is 58.2 Å². The highest BCUT2D eigenvalue weighted by molar-refractivity contribution is 7.89. The zero-order valence-corrected chi connectivity index (χ0v) is 13.0. The minimum Gasteiger partial charge on any atom is -0.316 e. The maximum atomic E-state index is 12.3. The van der Waals surface area contributed by atoms with Crippen LogP contribution in [0.15, 0.2) is 24.3 Å². The SMILES string of the molecule is Cc1ccccc1C(C)NS(=O)(=O)CC1CCCNC1. The van der Waals surface area contributed by atoms with Crippen LogP contribution in [0.25, 0.3) is 0 Å². The average Bonchev–Trinajstić information content (AvgIpc) is 2.39. The van der Waals surface area contributed by atoms with E-state index in [1.807, 2.05) is 38.1 Å². The Labute approximate surface area is 122 Å². The molecule has 0 bridgehead atoms. The Kier molecular flexibility index (Phi) is 5.18. The predicted octanol–water partition coefficient (Wildman–Crippen LogP) is 1.98. The lowest BCUT2D eigenvalue weighted by molar-refractivity contribution is 0.402. The molecule has 2 N–H and O–H groups in total. The van der Waals surface area contributed by atoms with Crippen molar-refractivity contribution >= 4 is 10.0 Å². The van der Waals surface area contributed by atoms with Crippen LogP contribution in [0.3, 0.4) is 0 Å². The fourth-order valence-corrected chi connectivity index (χ4v) is 4.50. The van der Waals surface area contributed by atoms with E-state index in [1.165, 1.54) is 0 Å². The lowest BCUT2D eigenvalue weighted by atomic mass is 10.0. The molecule has 1 aliphatic heterocycles. The number of rotatable bonds is 5. The minimum atomic E-state index is -3.24. The molecule has 1 aromatic carbocycles. The van der Waals surface area contributed by atoms with Gasteiger partial charge in [0.05, 0.1) is 5.75 Å². The number of benzene rings is 1. The van der Waals surface area contributed by atoms with Gasteiger partial charge in [0, 0.05) is 6.04 Å². The molecule has 2 atom stereocenters. The van der Waals surface area contributed by atoms with Crippen LogP contribution in [0.1, 0.15) is 36.9 Å². The Balaban J connectivity index is 1.98. The largest absolute Gasteiger partial charge is 0.316 e. The third-order valence-electron chi connectivity index (χ3n) is 3.87. The Morgan fingerprint density at radius 3 is 2.80 bits per heavy atom. The van der Waals surface area contributed by atoms with Gasteiger partial charge < -0.3 is 5.32 Å². The molecule has 0 radical (unpaired) electrons. The summed E-state index contributed by atoms with van der Waals surface area (Å²) in [6.45, 7) is 5.72. The Morgan fingerprint density at radius 1 is 1.40 bits per heavy atom. The molecule has 112 valence electrons. The number of aryl methyl sites for hydroxylation is 1. The fourth-order valence-electron chi connectivity index (χ4n) is 2.83. The molecule has 0 aliphatic carbocycles. The van der Waals surface area contributed by atoms with Crippen molar-refractivity contribution in [3.05, 3.63) is 35.4 Å². The van der Waals surface area contributed by atoms with E-state index in [1.54, 1.807) is 0 Å². The highest BCUT2D eigenvalue weighted by Gasteiger charge is 2.23. The van der Waals surface area contributed by atoms with Crippen molar-refractivity contribution in [1.29, 1.82) is 0 Å². The second-order valence-corrected chi connectivity index (χ2v) is 7.49. The van der Waals surface area contributed by atoms with Crippen LogP contribution < -0.4 is 10.0 Å². The van der Waals surface area contributed by atoms with Crippen LogP contribution in [0.5, 0.6) is 0 Å². The Morgan fingerprint density at radius 2 is 2.15 bits per heavy atom. The molecule has 1 fully saturated rings. The van der Waals surface area contributed by atoms with Gasteiger partial charge in [0.2, 0.25) is 10.0 Å². The van der Waals surface area contributed by atoms with Gasteiger partial charge in [-0.1, -0.05) is 24.3 Å². The van der Waals surface area contributed by atoms with Gasteiger partial charge in [0.1, 0.15) is 0 Å². The summed E-state index contributed by atoms with van der Waals surface area (Å²) < 4.78 is 27.3. The molecule has 1 aliphatic rings. The molecule has 0 amide bonds. The van der Waals surface area contributed by atoms with Crippen molar-refractivity contribution in [3.8, 4) is 0 Å². The monoisotopic (exact) mass is 296 g/mol. The van der Waals surface area contributed by atoms with E-state index >= 15 is 0 Å². The summed E-state index contributed by atoms with van der Waals surface area (Å²) in [6.07, 6.45) is 2.06. The van der Waals surface area contributed by atoms with Crippen LogP contribution in [-0.2, 0) is 10.0 Å². The Bertz CT molecular complexity index is 537. The van der Waals surface area contributed by atoms with Gasteiger partial charge in [-0.2, -0.15) is 0 Å². The summed E-state index contributed by atoms with van der Waals surface area (Å²) in [6, 6.07) is 7.71. The second-order valence-electron chi connectivity index (χ2n) is 5.69. The van der Waals surface area contributed by atoms with Gasteiger partial charge in [-0.05, 0) is 56.8 Å². The minimum absolute atomic E-state index is 0.183. The number of nitrogens with one attached hydrogen (secondary N) is 2. The number of hydrogen-bond acceptors (Lipinski definition) is 3. The predicted molar refractivity (Wildman–Crippen MR) is 82.1 cm³/mol. The number of piperidine rings is 1. The molecule has 1 aromatic rings. The lowest BCUT2D eigenvalue weighted by Crippen LogP contribution is -2.38. The summed E-state index contributed by atoms with van der Waals surface area (Å²) in [5, 5.41) is 3.26. The lowest BCUT2D eigenvalue weighted by Gasteiger charge is -2.24. The van der Waals surface area contributed by atoms with Crippen LogP contribution in [0.4, 0.5) is 0 Å². The van der Waals surface area contributed by atoms with Crippen molar-refractivity contribution in [3.63, 3.8) is 0 Å². The van der Waals surface area contributed by atoms with Crippen LogP contribution in [0, 0.1) is 12.8 Å². The second kappa shape index (κ2) is 6.70. The fraction of sp³-hybridized carbons (Fsp3) is 0.600. The maximum Gasteiger partial charge on any atom is 0.212 e. The normalized spacial score (nSPS) is 21.6. The smallest absolute Gasteiger partial charge is 0.212 e. The first-order valence-corrected chi connectivity index (χ1v) is 8.89. The standard InChI is InChI=1S/C15H24N2O2S/c1-12-6-3-4-8-15(12)13(2)17-20(18,19)11-14-7-5-9-16-10-14/h3-4,6,8,13-14,16-17H,5,7,9-11H2,1-2H3. The molecule has 2 unspecified atom stereocenters. The van der Waals surface area contributed by atoms with E-state index in [0.717, 1.165) is 37.1 Å². The van der Waals surface area contributed by atoms with E-state index in [9.17, 15) is 8.42 Å². The first-order valence-electron chi connectivity index (χ1n) is 7.24. The van der Waals surface area contributed by atoms with Crippen molar-refractivity contribution in [2.24, 2.45) is 5.92 Å². The van der Waals surface area contributed by atoms with E-state index < -0.39 is 10.0 Å². The molecule has 1 heterocycles. The van der Waals surface area contributed by atoms with Crippen LogP contribution >= 0.6 is 0 Å². The van der Waals surface area contributed by atoms with Crippen molar-refractivity contribution in [2.45, 2.75) is 32.7 Å². The van der Waals surface area contributed by atoms with Gasteiger partial charge in [-0.25, -0.2) is 13.1 Å². The van der Waals surface area contributed by atoms with Crippen molar-refractivity contribution in [2.75, 3.05) is 18.8 Å². The summed E-state index contributed by atoms with van der Waals surface area (Å²) in [5.74, 6) is 0.446. The molecule has 0 aromatic heterocycles. The van der Waals surface area contributed by atoms with Crippen molar-refractivity contribution < 1.29 is 8.42 Å². The maximum absolute atomic E-state index is 12.3. The van der Waals surface area contributed by atoms with E-state index in [2.05, 4.69) is 10.0 Å². The van der Waals surface area contributed by atoms with Crippen molar-refractivity contribution in [1.82, 2.24) is 10.0 Å². The Hall–Kier alpha value is -0.910. The third-order valence-corrected chi connectivity index (χ3v) is 5.49. The quantitative estimate of drug-likeness (QED) is 0.873. The first kappa shape index (κ1) is 15.5. The summed E-state index contributed by atoms with van der Waals surface area (Å²) in [5.41, 5.74) is 2.15. The highest BCUT2D eigenvalue weighted by atomic mass is 32.2. The van der Waals surface area contributed by atoms with Gasteiger partial charge in [-0.15, -0.1) is 0 Å². The van der Waals surface area contributed by atoms with Crippen LogP contribution in [-0.4, -0.2) is 27.3 Å². The van der Waals surface area contributed by atoms with E-state index in [-0.39, 0.29) is 17.7 Å². The third kappa shape index (κ3) is 4.30. The molecule has 0 spiro atoms. The summed E-state index contributed by atoms with van der Waals surface area (Å²) in [4.78, 5) is 0. The van der Waals surface area contributed by atoms with E-state index in [4.69, 9.17) is 0 Å². The van der Waals surface area contributed by atoms with Gasteiger partial charge in [0.25, 0.3) is 0 Å². The van der Waals surface area contributed by atoms with E-state index in [0.29, 0.717) is 0 Å². The van der Waals surface area contributed by atoms with Gasteiger partial charge in [-0.3, -0.25) is 0 Å². The molecule has 2 rings (SSSR count). The average molecular weight is 296 g/mol. The van der Waals surface area contributed by atoms with Crippen LogP contribution in [0.2, 0.25) is 0 Å². The van der Waals surface area contributed by atoms with Gasteiger partial charge >= 0.3 is 0 Å². The molecular weight excluding hydrogens is 272 g/mol. The summed E-state index contributed by atoms with van der Waals surface area (Å²) >= 11 is 0. The molecule has 1 saturated heterocycles. The molecule has 5 heteroatoms. The number of sulfonamides is 1. The van der Waals surface area contributed by atoms with Gasteiger partial charge in [0.15, 0.2) is 0 Å². The highest BCUT2D eigenvalue weighted by Crippen LogP contribution is 2.19. The molecule has 4 nitrogen and oxygen atoms in total. The zero-order chi connectivity index (χ0) is 14.6. The molecular formula is C15H24N2O2S. The zero-order valence-electron chi connectivity index (χ0n) is 12.2. The molecule has 20 heavy (non-hydrogen) atoms. The first-order chi connectivity index (χ1) is 9.48.